The van der Waals surface area contributed by atoms with Gasteiger partial charge in [0.25, 0.3) is 0 Å². The topological polar surface area (TPSA) is 120 Å². The van der Waals surface area contributed by atoms with E-state index in [1.165, 1.54) is 0 Å². The number of H-pyrrole nitrogens is 2. The van der Waals surface area contributed by atoms with Crippen LogP contribution in [-0.2, 0) is 22.6 Å². The van der Waals surface area contributed by atoms with E-state index in [1.807, 2.05) is 0 Å². The minimum absolute atomic E-state index is 0.0349. The number of halogens is 3. The molecule has 0 bridgehead atoms. The van der Waals surface area contributed by atoms with Gasteiger partial charge < -0.3 is 9.80 Å². The number of benzene rings is 1. The maximum Gasteiger partial charge on any atom is 0.406 e. The molecule has 1 aromatic carbocycles. The molecule has 2 amide bonds. The van der Waals surface area contributed by atoms with Gasteiger partial charge in [-0.1, -0.05) is 11.5 Å². The van der Waals surface area contributed by atoms with Crippen molar-refractivity contribution in [2.24, 2.45) is 5.92 Å². The molecule has 0 saturated carbocycles. The van der Waals surface area contributed by atoms with Gasteiger partial charge in [-0.15, -0.1) is 0 Å². The largest absolute Gasteiger partial charge is 0.406 e. The van der Waals surface area contributed by atoms with Crippen molar-refractivity contribution in [2.75, 3.05) is 19.6 Å². The number of imidazole rings is 1. The first-order valence-corrected chi connectivity index (χ1v) is 13.2. The third kappa shape index (κ3) is 5.02. The van der Waals surface area contributed by atoms with Crippen LogP contribution in [0.2, 0.25) is 0 Å². The summed E-state index contributed by atoms with van der Waals surface area (Å²) < 4.78 is 42.2. The molecule has 3 aromatic heterocycles. The predicted molar refractivity (Wildman–Crippen MR) is 145 cm³/mol. The van der Waals surface area contributed by atoms with Crippen molar-refractivity contribution in [3.63, 3.8) is 0 Å². The molecule has 41 heavy (non-hydrogen) atoms. The Morgan fingerprint density at radius 1 is 1.17 bits per heavy atom. The van der Waals surface area contributed by atoms with E-state index in [-0.39, 0.29) is 48.1 Å². The number of nitrogens with zero attached hydrogens (tertiary/aromatic N) is 5. The highest BCUT2D eigenvalue weighted by molar-refractivity contribution is 6.43. The number of carbonyl (C=O) groups excluding carboxylic acids is 2. The van der Waals surface area contributed by atoms with Crippen LogP contribution in [0.15, 0.2) is 29.2 Å². The second-order valence-electron chi connectivity index (χ2n) is 10.7. The summed E-state index contributed by atoms with van der Waals surface area (Å²) in [5, 5.41) is 7.06. The molecule has 15 heteroatoms. The lowest BCUT2D eigenvalue weighted by atomic mass is 9.83. The van der Waals surface area contributed by atoms with Crippen molar-refractivity contribution < 1.29 is 22.8 Å². The summed E-state index contributed by atoms with van der Waals surface area (Å²) in [6.45, 7) is -1.12. The summed E-state index contributed by atoms with van der Waals surface area (Å²) in [7, 11) is 12.2. The van der Waals surface area contributed by atoms with E-state index in [0.717, 1.165) is 4.90 Å². The van der Waals surface area contributed by atoms with E-state index < -0.39 is 24.5 Å². The van der Waals surface area contributed by atoms with Crippen LogP contribution < -0.4 is 16.7 Å². The number of aromatic amines is 2. The number of carbonyl (C=O) groups is 2. The average Bonchev–Trinajstić information content (AvgIpc) is 3.44. The molecule has 0 spiro atoms. The minimum atomic E-state index is -4.64. The molecule has 4 radical (unpaired) electrons. The molecule has 1 saturated heterocycles. The SMILES string of the molecule is [B]c1cc2c(c3c([B])[nH]nc13)CN(CC(F)(F)F)C(=O)[C@H](CC(=O)N1CCC(n3c(=O)[nH]c4ncccc43)CC1)C2. The van der Waals surface area contributed by atoms with Crippen molar-refractivity contribution in [3.8, 4) is 0 Å². The van der Waals surface area contributed by atoms with Crippen molar-refractivity contribution in [2.45, 2.75) is 44.4 Å². The third-order valence-electron chi connectivity index (χ3n) is 8.03. The summed E-state index contributed by atoms with van der Waals surface area (Å²) in [6.07, 6.45) is -2.26. The van der Waals surface area contributed by atoms with Crippen LogP contribution in [0.25, 0.3) is 22.1 Å². The standard InChI is InChI=1S/C26H24B2F3N7O3/c27-17-9-13-8-14(24(40)37(12-26(29,30)31)11-16(13)20-21(17)34-35-22(20)28)10-19(39)36-6-3-15(4-7-36)38-18-2-1-5-32-23(18)33-25(38)41/h1-2,5,9,14-15H,3-4,6-8,10-12H2,(H,34,35)(H,32,33,41)/t14-/m0/s1. The lowest BCUT2D eigenvalue weighted by Crippen LogP contribution is -2.44. The molecule has 1 fully saturated rings. The third-order valence-corrected chi connectivity index (χ3v) is 8.03. The Balaban J connectivity index is 1.23. The molecular formula is C26H24B2F3N7O3. The van der Waals surface area contributed by atoms with Gasteiger partial charge in [-0.25, -0.2) is 9.78 Å². The zero-order valence-corrected chi connectivity index (χ0v) is 21.9. The van der Waals surface area contributed by atoms with Crippen molar-refractivity contribution in [1.29, 1.82) is 0 Å². The Morgan fingerprint density at radius 3 is 2.66 bits per heavy atom. The zero-order chi connectivity index (χ0) is 29.1. The quantitative estimate of drug-likeness (QED) is 0.352. The molecule has 2 aliphatic heterocycles. The second-order valence-corrected chi connectivity index (χ2v) is 10.7. The van der Waals surface area contributed by atoms with Crippen LogP contribution in [0.3, 0.4) is 0 Å². The molecule has 4 aromatic rings. The molecule has 1 atom stereocenters. The number of hydrogen-bond acceptors (Lipinski definition) is 5. The minimum Gasteiger partial charge on any atom is -0.343 e. The maximum atomic E-state index is 13.5. The van der Waals surface area contributed by atoms with Crippen molar-refractivity contribution in [1.82, 2.24) is 34.5 Å². The van der Waals surface area contributed by atoms with Crippen LogP contribution in [-0.4, -0.2) is 87.8 Å². The number of piperidine rings is 1. The number of aromatic nitrogens is 5. The van der Waals surface area contributed by atoms with E-state index >= 15 is 0 Å². The normalized spacial score (nSPS) is 18.7. The van der Waals surface area contributed by atoms with E-state index in [1.54, 1.807) is 33.9 Å². The second kappa shape index (κ2) is 10.1. The number of likely N-dealkylation sites (tertiary alicyclic amines) is 1. The number of pyridine rings is 1. The smallest absolute Gasteiger partial charge is 0.343 e. The van der Waals surface area contributed by atoms with E-state index in [0.29, 0.717) is 59.1 Å². The summed E-state index contributed by atoms with van der Waals surface area (Å²) >= 11 is 0. The van der Waals surface area contributed by atoms with Gasteiger partial charge in [-0.2, -0.15) is 18.3 Å². The number of nitrogens with one attached hydrogen (secondary N) is 2. The molecule has 2 aliphatic rings. The Kier molecular flexibility index (Phi) is 6.69. The molecule has 5 heterocycles. The van der Waals surface area contributed by atoms with Crippen molar-refractivity contribution in [3.05, 3.63) is 46.0 Å². The van der Waals surface area contributed by atoms with Gasteiger partial charge in [0.15, 0.2) is 5.65 Å². The maximum absolute atomic E-state index is 13.5. The molecule has 0 unspecified atom stereocenters. The number of hydrogen-bond donors (Lipinski definition) is 2. The van der Waals surface area contributed by atoms with Crippen LogP contribution in [0.1, 0.15) is 36.4 Å². The summed E-state index contributed by atoms with van der Waals surface area (Å²) in [5.41, 5.74) is 2.63. The number of fused-ring (bicyclic) bond motifs is 4. The number of rotatable bonds is 4. The first-order valence-electron chi connectivity index (χ1n) is 13.2. The molecular weight excluding hydrogens is 537 g/mol. The van der Waals surface area contributed by atoms with Crippen molar-refractivity contribution >= 4 is 60.6 Å². The first-order chi connectivity index (χ1) is 19.5. The van der Waals surface area contributed by atoms with Gasteiger partial charge in [0.2, 0.25) is 11.8 Å². The molecule has 208 valence electrons. The van der Waals surface area contributed by atoms with Crippen LogP contribution in [0.4, 0.5) is 13.2 Å². The Labute approximate surface area is 234 Å². The monoisotopic (exact) mass is 561 g/mol. The lowest BCUT2D eigenvalue weighted by Gasteiger charge is -2.33. The van der Waals surface area contributed by atoms with E-state index in [4.69, 9.17) is 15.7 Å². The highest BCUT2D eigenvalue weighted by atomic mass is 19.4. The highest BCUT2D eigenvalue weighted by Crippen LogP contribution is 2.32. The molecule has 10 nitrogen and oxygen atoms in total. The predicted octanol–water partition coefficient (Wildman–Crippen LogP) is 0.505. The fourth-order valence-electron chi connectivity index (χ4n) is 6.16. The first kappa shape index (κ1) is 27.2. The van der Waals surface area contributed by atoms with Gasteiger partial charge in [0.05, 0.1) is 17.0 Å². The molecule has 6 rings (SSSR count). The molecule has 2 N–H and O–H groups in total. The van der Waals surface area contributed by atoms with Crippen LogP contribution >= 0.6 is 0 Å². The summed E-state index contributed by atoms with van der Waals surface area (Å²) in [5.74, 6) is -2.11. The number of amides is 2. The molecule has 0 aliphatic carbocycles. The highest BCUT2D eigenvalue weighted by Gasteiger charge is 2.39. The zero-order valence-electron chi connectivity index (χ0n) is 21.9. The van der Waals surface area contributed by atoms with E-state index in [9.17, 15) is 27.6 Å². The van der Waals surface area contributed by atoms with Gasteiger partial charge in [0.1, 0.15) is 22.2 Å². The Hall–Kier alpha value is -4.03. The van der Waals surface area contributed by atoms with Gasteiger partial charge in [0, 0.05) is 43.7 Å². The Bertz CT molecular complexity index is 1720. The fourth-order valence-corrected chi connectivity index (χ4v) is 6.16. The fraction of sp³-hybridized carbons (Fsp3) is 0.423. The lowest BCUT2D eigenvalue weighted by molar-refractivity contribution is -0.165. The Morgan fingerprint density at radius 2 is 1.93 bits per heavy atom. The average molecular weight is 561 g/mol. The van der Waals surface area contributed by atoms with Gasteiger partial charge >= 0.3 is 11.9 Å². The van der Waals surface area contributed by atoms with Crippen LogP contribution in [0.5, 0.6) is 0 Å². The van der Waals surface area contributed by atoms with Gasteiger partial charge in [-0.05, 0) is 48.1 Å². The summed E-state index contributed by atoms with van der Waals surface area (Å²) in [4.78, 5) is 48.7. The van der Waals surface area contributed by atoms with Gasteiger partial charge in [-0.3, -0.25) is 24.2 Å². The summed E-state index contributed by atoms with van der Waals surface area (Å²) in [6, 6.07) is 4.99. The number of alkyl halides is 3. The van der Waals surface area contributed by atoms with Crippen LogP contribution in [0, 0.1) is 5.92 Å². The van der Waals surface area contributed by atoms with E-state index in [2.05, 4.69) is 20.2 Å².